The van der Waals surface area contributed by atoms with Gasteiger partial charge in [0, 0.05) is 49.8 Å². The number of rotatable bonds is 21. The molecule has 15 nitrogen and oxygen atoms in total. The van der Waals surface area contributed by atoms with Crippen molar-refractivity contribution in [3.05, 3.63) is 71.9 Å². The third kappa shape index (κ3) is 13.1. The zero-order chi connectivity index (χ0) is 36.3. The van der Waals surface area contributed by atoms with E-state index in [1.165, 1.54) is 6.92 Å². The summed E-state index contributed by atoms with van der Waals surface area (Å²) in [5.41, 5.74) is 7.84. The molecule has 0 saturated carbocycles. The quantitative estimate of drug-likeness (QED) is 0.0535. The van der Waals surface area contributed by atoms with Crippen molar-refractivity contribution >= 4 is 52.6 Å². The summed E-state index contributed by atoms with van der Waals surface area (Å²) in [7, 11) is 0. The molecule has 0 unspecified atom stereocenters. The fourth-order valence-electron chi connectivity index (χ4n) is 5.20. The number of para-hydroxylation sites is 1. The molecule has 268 valence electrons. The van der Waals surface area contributed by atoms with Crippen molar-refractivity contribution in [2.24, 2.45) is 5.73 Å². The Morgan fingerprint density at radius 3 is 2.10 bits per heavy atom. The number of hydrogen-bond acceptors (Lipinski definition) is 8. The summed E-state index contributed by atoms with van der Waals surface area (Å²) in [5.74, 6) is -3.52. The summed E-state index contributed by atoms with van der Waals surface area (Å²) in [4.78, 5) is 91.1. The van der Waals surface area contributed by atoms with E-state index in [-0.39, 0.29) is 32.2 Å². The van der Waals surface area contributed by atoms with E-state index in [0.29, 0.717) is 25.8 Å². The minimum Gasteiger partial charge on any atom is -0.361 e. The average Bonchev–Trinajstić information content (AvgIpc) is 3.52. The molecule has 0 aliphatic rings. The minimum absolute atomic E-state index is 0.0578. The summed E-state index contributed by atoms with van der Waals surface area (Å²) >= 11 is 0. The van der Waals surface area contributed by atoms with E-state index in [1.807, 2.05) is 30.3 Å². The van der Waals surface area contributed by atoms with E-state index < -0.39 is 60.1 Å². The predicted molar refractivity (Wildman–Crippen MR) is 186 cm³/mol. The molecule has 0 bridgehead atoms. The van der Waals surface area contributed by atoms with Crippen LogP contribution in [-0.2, 0) is 46.4 Å². The fraction of sp³-hybridized carbons (Fsp3) is 0.400. The second-order valence-electron chi connectivity index (χ2n) is 11.7. The number of aldehydes is 1. The third-order valence-electron chi connectivity index (χ3n) is 7.73. The molecule has 6 amide bonds. The molecule has 0 radical (unpaired) electrons. The molecule has 0 spiro atoms. The summed E-state index contributed by atoms with van der Waals surface area (Å²) in [6, 6.07) is 13.1. The number of carbonyl (C=O) groups excluding carboxylic acids is 7. The number of amides is 6. The van der Waals surface area contributed by atoms with Gasteiger partial charge in [0.25, 0.3) is 0 Å². The topological polar surface area (TPSA) is 233 Å². The maximum Gasteiger partial charge on any atom is 0.243 e. The molecule has 0 saturated heterocycles. The number of nitrogens with one attached hydrogen (secondary N) is 7. The molecule has 50 heavy (non-hydrogen) atoms. The first-order chi connectivity index (χ1) is 24.1. The third-order valence-corrected chi connectivity index (χ3v) is 7.73. The second-order valence-corrected chi connectivity index (χ2v) is 11.7. The number of nitrogens with two attached hydrogens (primary N) is 1. The highest BCUT2D eigenvalue weighted by Crippen LogP contribution is 2.19. The lowest BCUT2D eigenvalue weighted by molar-refractivity contribution is -0.133. The minimum atomic E-state index is -1.20. The lowest BCUT2D eigenvalue weighted by atomic mass is 10.0. The summed E-state index contributed by atoms with van der Waals surface area (Å²) in [6.45, 7) is 1.36. The maximum absolute atomic E-state index is 13.4. The van der Waals surface area contributed by atoms with E-state index in [9.17, 15) is 33.6 Å². The Balaban J connectivity index is 1.62. The van der Waals surface area contributed by atoms with Crippen molar-refractivity contribution in [2.45, 2.75) is 63.6 Å². The number of fused-ring (bicyclic) bond motifs is 1. The summed E-state index contributed by atoms with van der Waals surface area (Å²) in [6.07, 6.45) is 3.92. The molecule has 1 aromatic heterocycles. The zero-order valence-electron chi connectivity index (χ0n) is 28.1. The number of carbonyl (C=O) groups is 7. The van der Waals surface area contributed by atoms with Gasteiger partial charge in [0.05, 0.1) is 13.1 Å². The molecule has 3 rings (SSSR count). The highest BCUT2D eigenvalue weighted by atomic mass is 16.2. The molecule has 0 aliphatic carbocycles. The van der Waals surface area contributed by atoms with Crippen molar-refractivity contribution in [1.29, 1.82) is 0 Å². The number of benzene rings is 2. The van der Waals surface area contributed by atoms with E-state index >= 15 is 0 Å². The molecule has 0 aliphatic heterocycles. The van der Waals surface area contributed by atoms with Gasteiger partial charge in [-0.2, -0.15) is 0 Å². The monoisotopic (exact) mass is 690 g/mol. The van der Waals surface area contributed by atoms with E-state index in [0.717, 1.165) is 28.5 Å². The van der Waals surface area contributed by atoms with Crippen molar-refractivity contribution in [1.82, 2.24) is 36.9 Å². The summed E-state index contributed by atoms with van der Waals surface area (Å²) < 4.78 is 0. The van der Waals surface area contributed by atoms with Crippen LogP contribution < -0.4 is 37.6 Å². The standard InChI is InChI=1S/C35H46N8O7/c1-23(45)41-30(19-25-20-38-27-13-6-5-12-26(25)27)35(50)43-28(14-9-17-44)33(48)40-22-32(47)42-29(18-24-10-3-2-4-11-24)34(49)39-21-31(46)37-16-8-7-15-36/h2-6,10-13,17,20,28-30,38H,7-9,14-16,18-19,21-22,36H2,1H3,(H,37,46)(H,39,49)(H,40,48)(H,41,45)(H,42,47)(H,43,50)/t28-,29+,30-/m0/s1. The van der Waals surface area contributed by atoms with Crippen LogP contribution in [0.5, 0.6) is 0 Å². The normalized spacial score (nSPS) is 12.5. The van der Waals surface area contributed by atoms with Gasteiger partial charge in [-0.05, 0) is 43.0 Å². The van der Waals surface area contributed by atoms with Crippen molar-refractivity contribution in [3.63, 3.8) is 0 Å². The SMILES string of the molecule is CC(=O)N[C@@H](Cc1c[nH]c2ccccc12)C(=O)N[C@@H](CCC=O)C(=O)NCC(=O)N[C@H](Cc1ccccc1)C(=O)NCC(=O)NCCCCN. The van der Waals surface area contributed by atoms with Crippen LogP contribution in [0.25, 0.3) is 10.9 Å². The number of aromatic nitrogens is 1. The van der Waals surface area contributed by atoms with E-state index in [4.69, 9.17) is 5.73 Å². The first kappa shape index (κ1) is 38.9. The molecular formula is C35H46N8O7. The van der Waals surface area contributed by atoms with Crippen molar-refractivity contribution in [3.8, 4) is 0 Å². The molecule has 0 fully saturated rings. The van der Waals surface area contributed by atoms with Gasteiger partial charge in [-0.15, -0.1) is 0 Å². The van der Waals surface area contributed by atoms with Gasteiger partial charge in [-0.25, -0.2) is 0 Å². The summed E-state index contributed by atoms with van der Waals surface area (Å²) in [5, 5.41) is 16.4. The molecule has 3 atom stereocenters. The van der Waals surface area contributed by atoms with Crippen LogP contribution in [0.2, 0.25) is 0 Å². The fourth-order valence-corrected chi connectivity index (χ4v) is 5.20. The Morgan fingerprint density at radius 2 is 1.40 bits per heavy atom. The molecule has 9 N–H and O–H groups in total. The van der Waals surface area contributed by atoms with E-state index in [1.54, 1.807) is 30.5 Å². The molecule has 15 heteroatoms. The predicted octanol–water partition coefficient (Wildman–Crippen LogP) is -0.506. The second kappa shape index (κ2) is 20.7. The van der Waals surface area contributed by atoms with Crippen LogP contribution in [-0.4, -0.2) is 91.0 Å². The van der Waals surface area contributed by atoms with Crippen molar-refractivity contribution in [2.75, 3.05) is 26.2 Å². The van der Waals surface area contributed by atoms with Crippen LogP contribution in [0.15, 0.2) is 60.8 Å². The van der Waals surface area contributed by atoms with Crippen LogP contribution in [0, 0.1) is 0 Å². The Labute approximate surface area is 290 Å². The average molecular weight is 691 g/mol. The highest BCUT2D eigenvalue weighted by Gasteiger charge is 2.28. The first-order valence-corrected chi connectivity index (χ1v) is 16.5. The van der Waals surface area contributed by atoms with Gasteiger partial charge in [-0.1, -0.05) is 48.5 Å². The molecule has 3 aromatic rings. The Hall–Kier alpha value is -5.57. The largest absolute Gasteiger partial charge is 0.361 e. The Kier molecular flexibility index (Phi) is 16.1. The van der Waals surface area contributed by atoms with Gasteiger partial charge in [-0.3, -0.25) is 28.8 Å². The van der Waals surface area contributed by atoms with Gasteiger partial charge >= 0.3 is 0 Å². The van der Waals surface area contributed by atoms with E-state index in [2.05, 4.69) is 36.9 Å². The highest BCUT2D eigenvalue weighted by molar-refractivity contribution is 5.95. The molecule has 2 aromatic carbocycles. The Bertz CT molecular complexity index is 1610. The van der Waals surface area contributed by atoms with Crippen LogP contribution in [0.1, 0.15) is 43.7 Å². The molecule has 1 heterocycles. The number of unbranched alkanes of at least 4 members (excludes halogenated alkanes) is 1. The maximum atomic E-state index is 13.4. The number of H-pyrrole nitrogens is 1. The lowest BCUT2D eigenvalue weighted by Crippen LogP contribution is -2.56. The zero-order valence-corrected chi connectivity index (χ0v) is 28.1. The first-order valence-electron chi connectivity index (χ1n) is 16.5. The number of hydrogen-bond donors (Lipinski definition) is 8. The van der Waals surface area contributed by atoms with Crippen LogP contribution in [0.4, 0.5) is 0 Å². The Morgan fingerprint density at radius 1 is 0.740 bits per heavy atom. The van der Waals surface area contributed by atoms with Crippen LogP contribution >= 0.6 is 0 Å². The smallest absolute Gasteiger partial charge is 0.243 e. The van der Waals surface area contributed by atoms with Crippen molar-refractivity contribution < 1.29 is 33.6 Å². The lowest BCUT2D eigenvalue weighted by Gasteiger charge is -2.23. The number of aromatic amines is 1. The van der Waals surface area contributed by atoms with Crippen LogP contribution in [0.3, 0.4) is 0 Å². The molecular weight excluding hydrogens is 644 g/mol. The van der Waals surface area contributed by atoms with Gasteiger partial charge in [0.1, 0.15) is 24.4 Å². The van der Waals surface area contributed by atoms with Gasteiger partial charge in [0.2, 0.25) is 35.4 Å². The van der Waals surface area contributed by atoms with Gasteiger partial charge < -0.3 is 47.4 Å². The van der Waals surface area contributed by atoms with Gasteiger partial charge in [0.15, 0.2) is 0 Å².